The fourth-order valence-corrected chi connectivity index (χ4v) is 11.5. The maximum absolute atomic E-state index is 14.8. The Morgan fingerprint density at radius 2 is 1.00 bits per heavy atom. The Hall–Kier alpha value is -8.90. The topological polar surface area (TPSA) is 452 Å². The van der Waals surface area contributed by atoms with Crippen molar-refractivity contribution in [2.24, 2.45) is 7.05 Å². The van der Waals surface area contributed by atoms with Crippen LogP contribution < -0.4 is 26.8 Å². The highest BCUT2D eigenvalue weighted by atomic mass is 32.2. The molecule has 0 radical (unpaired) electrons. The summed E-state index contributed by atoms with van der Waals surface area (Å²) >= 11 is 0. The van der Waals surface area contributed by atoms with Crippen molar-refractivity contribution in [2.75, 3.05) is 21.3 Å². The van der Waals surface area contributed by atoms with Crippen molar-refractivity contribution in [3.8, 4) is 11.1 Å². The first-order valence-electron chi connectivity index (χ1n) is 21.7. The molecular weight excluding hydrogens is 1140 g/mol. The van der Waals surface area contributed by atoms with E-state index in [1.54, 1.807) is 0 Å². The van der Waals surface area contributed by atoms with E-state index in [1.807, 2.05) is 0 Å². The second-order valence-corrected chi connectivity index (χ2v) is 23.8. The molecule has 0 unspecified atom stereocenters. The molecule has 0 amide bonds. The number of carboxylic acids is 1. The number of para-hydroxylation sites is 1. The van der Waals surface area contributed by atoms with E-state index < -0.39 is 139 Å². The Balaban J connectivity index is 1.25. The van der Waals surface area contributed by atoms with Crippen LogP contribution in [0, 0.1) is 0 Å². The predicted octanol–water partition coefficient (Wildman–Crippen LogP) is 5.07. The number of carbonyl (C=O) groups excluding carboxylic acids is 2. The minimum absolute atomic E-state index is 0.00813. The van der Waals surface area contributed by atoms with Crippen LogP contribution in [-0.4, -0.2) is 107 Å². The van der Waals surface area contributed by atoms with Crippen LogP contribution in [0.5, 0.6) is 0 Å². The van der Waals surface area contributed by atoms with Crippen LogP contribution in [-0.2, 0) is 57.6 Å². The number of aromatic carboxylic acids is 1. The van der Waals surface area contributed by atoms with Gasteiger partial charge in [0.1, 0.15) is 14.7 Å². The fourth-order valence-electron chi connectivity index (χ4n) is 8.43. The minimum atomic E-state index is -5.61. The summed E-state index contributed by atoms with van der Waals surface area (Å²) in [5.74, 6) is -5.69. The van der Waals surface area contributed by atoms with E-state index in [2.05, 4.69) is 36.2 Å². The number of hydrogen-bond donors (Lipinski definition) is 10. The molecule has 0 fully saturated rings. The molecule has 2 aromatic heterocycles. The number of carboxylic acid groups (broad SMARTS) is 1. The minimum Gasteiger partial charge on any atom is -0.478 e. The summed E-state index contributed by atoms with van der Waals surface area (Å²) in [6.07, 6.45) is 0. The molecule has 0 saturated heterocycles. The molecule has 2 heterocycles. The lowest BCUT2D eigenvalue weighted by molar-refractivity contribution is 0.0697. The van der Waals surface area contributed by atoms with Crippen molar-refractivity contribution in [3.05, 3.63) is 153 Å². The zero-order valence-corrected chi connectivity index (χ0v) is 43.3. The Bertz CT molecular complexity index is 4710. The van der Waals surface area contributed by atoms with Gasteiger partial charge in [-0.1, -0.05) is 48.5 Å². The molecule has 0 aliphatic heterocycles. The molecule has 406 valence electrons. The van der Waals surface area contributed by atoms with Gasteiger partial charge in [0.15, 0.2) is 11.6 Å². The van der Waals surface area contributed by atoms with E-state index in [0.29, 0.717) is 24.3 Å². The first kappa shape index (κ1) is 54.9. The molecule has 28 nitrogen and oxygen atoms in total. The lowest BCUT2D eigenvalue weighted by Crippen LogP contribution is -2.29. The predicted molar refractivity (Wildman–Crippen MR) is 276 cm³/mol. The molecule has 0 atom stereocenters. The van der Waals surface area contributed by atoms with Gasteiger partial charge < -0.3 is 30.9 Å². The molecule has 33 heteroatoms. The molecule has 8 aromatic rings. The molecule has 6 aromatic carbocycles. The number of hydrogen-bond acceptors (Lipinski definition) is 21. The summed E-state index contributed by atoms with van der Waals surface area (Å²) in [7, 11) is -25.1. The smallest absolute Gasteiger partial charge is 0.337 e. The van der Waals surface area contributed by atoms with E-state index in [4.69, 9.17) is 0 Å². The number of aryl methyl sites for hydroxylation is 1. The van der Waals surface area contributed by atoms with Gasteiger partial charge in [0.05, 0.1) is 60.4 Å². The van der Waals surface area contributed by atoms with Gasteiger partial charge >= 0.3 is 5.97 Å². The van der Waals surface area contributed by atoms with Crippen molar-refractivity contribution < 1.29 is 84.3 Å². The number of ketones is 2. The average Bonchev–Trinajstić information content (AvgIpc) is 3.55. The second-order valence-electron chi connectivity index (χ2n) is 16.8. The van der Waals surface area contributed by atoms with Crippen LogP contribution in [0.25, 0.3) is 22.0 Å². The van der Waals surface area contributed by atoms with Gasteiger partial charge in [0.2, 0.25) is 17.8 Å². The summed E-state index contributed by atoms with van der Waals surface area (Å²) in [4.78, 5) is 62.6. The third-order valence-electron chi connectivity index (χ3n) is 11.8. The number of nitrogens with one attached hydrogen (secondary N) is 4. The summed E-state index contributed by atoms with van der Waals surface area (Å²) in [6, 6.07) is 19.9. The molecular formula is C46H32N8O20S5. The van der Waals surface area contributed by atoms with Crippen LogP contribution in [0.3, 0.4) is 0 Å². The standard InChI is InChI=1S/C46H32N8O20S5/c1-54-32-15-14-28(37-38(32)36(24-9-2-3-10-25(24)41(37)56)39(42(54)57)40(55)21-7-6-8-22(17-21)75(60,61)62)47-30-19-31(35(79(72,73)74)20-34(30)78(69,70)71)50-46-52-44(48-27-12-5-4-11-26(27)43(58)59)51-45(53-46)49-29-18-23(76(63,64)65)13-16-33(29)77(66,67)68/h2-20,47H,1H3,(H,58,59)(H,60,61,62)(H,63,64,65)(H,66,67,68)(H,69,70,71)(H,72,73,74)(H3,48,49,50,51,52,53). The fraction of sp³-hybridized carbons (Fsp3) is 0.0217. The van der Waals surface area contributed by atoms with Crippen LogP contribution in [0.1, 0.15) is 42.2 Å². The number of anilines is 8. The third kappa shape index (κ3) is 10.6. The summed E-state index contributed by atoms with van der Waals surface area (Å²) in [6.45, 7) is 0. The van der Waals surface area contributed by atoms with Gasteiger partial charge in [0, 0.05) is 29.1 Å². The lowest BCUT2D eigenvalue weighted by Gasteiger charge is -2.26. The number of aromatic nitrogens is 4. The van der Waals surface area contributed by atoms with Gasteiger partial charge in [-0.3, -0.25) is 37.1 Å². The summed E-state index contributed by atoms with van der Waals surface area (Å²) in [5.41, 5.74) is -5.90. The van der Waals surface area contributed by atoms with Crippen molar-refractivity contribution in [3.63, 3.8) is 0 Å². The number of fused-ring (bicyclic) bond motifs is 2. The van der Waals surface area contributed by atoms with Gasteiger partial charge in [-0.05, 0) is 72.3 Å². The van der Waals surface area contributed by atoms with Gasteiger partial charge in [-0.25, -0.2) is 4.79 Å². The number of rotatable bonds is 16. The highest BCUT2D eigenvalue weighted by Gasteiger charge is 2.35. The van der Waals surface area contributed by atoms with Crippen molar-refractivity contribution in [2.45, 2.75) is 24.5 Å². The highest BCUT2D eigenvalue weighted by Crippen LogP contribution is 2.45. The van der Waals surface area contributed by atoms with Crippen molar-refractivity contribution in [1.82, 2.24) is 19.5 Å². The normalized spacial score (nSPS) is 12.7. The van der Waals surface area contributed by atoms with Crippen LogP contribution in [0.15, 0.2) is 145 Å². The average molecular weight is 1180 g/mol. The number of carbonyl (C=O) groups is 3. The van der Waals surface area contributed by atoms with E-state index in [9.17, 15) is 89.1 Å². The zero-order valence-electron chi connectivity index (χ0n) is 39.2. The molecule has 1 aliphatic carbocycles. The van der Waals surface area contributed by atoms with E-state index in [1.165, 1.54) is 67.7 Å². The third-order valence-corrected chi connectivity index (χ3v) is 16.2. The van der Waals surface area contributed by atoms with Crippen LogP contribution >= 0.6 is 0 Å². The molecule has 0 bridgehead atoms. The van der Waals surface area contributed by atoms with Crippen LogP contribution in [0.2, 0.25) is 0 Å². The van der Waals surface area contributed by atoms with Gasteiger partial charge in [-0.15, -0.1) is 0 Å². The first-order valence-corrected chi connectivity index (χ1v) is 28.9. The van der Waals surface area contributed by atoms with Crippen molar-refractivity contribution in [1.29, 1.82) is 0 Å². The maximum Gasteiger partial charge on any atom is 0.337 e. The Labute approximate surface area is 444 Å². The summed E-state index contributed by atoms with van der Waals surface area (Å²) in [5, 5.41) is 19.7. The molecule has 0 saturated carbocycles. The maximum atomic E-state index is 14.8. The summed E-state index contributed by atoms with van der Waals surface area (Å²) < 4.78 is 177. The molecule has 1 aliphatic rings. The second kappa shape index (κ2) is 19.5. The Morgan fingerprint density at radius 1 is 0.481 bits per heavy atom. The van der Waals surface area contributed by atoms with E-state index in [-0.39, 0.29) is 61.7 Å². The molecule has 10 N–H and O–H groups in total. The molecule has 9 rings (SSSR count). The SMILES string of the molecule is Cn1c(=O)c(C(=O)c2cccc(S(=O)(=O)O)c2)c2c3c(c(Nc4cc(Nc5nc(Nc6ccccc6C(=O)O)nc(Nc6cc(S(=O)(=O)O)ccc6S(=O)(=O)O)n5)c(S(=O)(=O)O)cc4S(=O)(=O)O)ccc31)C(=O)c1ccccc1-2. The highest BCUT2D eigenvalue weighted by molar-refractivity contribution is 7.87. The molecule has 0 spiro atoms. The molecule has 79 heavy (non-hydrogen) atoms. The Kier molecular flexibility index (Phi) is 13.6. The largest absolute Gasteiger partial charge is 0.478 e. The quantitative estimate of drug-likeness (QED) is 0.0446. The van der Waals surface area contributed by atoms with Gasteiger partial charge in [0.25, 0.3) is 56.1 Å². The number of pyridine rings is 1. The van der Waals surface area contributed by atoms with Crippen molar-refractivity contribution >= 4 is 125 Å². The van der Waals surface area contributed by atoms with Crippen LogP contribution in [0.4, 0.5) is 46.3 Å². The Morgan fingerprint density at radius 3 is 1.57 bits per heavy atom. The monoisotopic (exact) mass is 1180 g/mol. The first-order chi connectivity index (χ1) is 36.8. The van der Waals surface area contributed by atoms with E-state index in [0.717, 1.165) is 28.8 Å². The van der Waals surface area contributed by atoms with Gasteiger partial charge in [-0.2, -0.15) is 57.0 Å². The lowest BCUT2D eigenvalue weighted by atomic mass is 9.80. The number of benzene rings is 6. The van der Waals surface area contributed by atoms with E-state index >= 15 is 0 Å². The number of nitrogens with zero attached hydrogens (tertiary/aromatic N) is 4. The zero-order chi connectivity index (χ0) is 57.5.